The largest absolute Gasteiger partial charge is 0.478 e. The molecule has 182 valence electrons. The summed E-state index contributed by atoms with van der Waals surface area (Å²) in [6, 6.07) is 18.1. The van der Waals surface area contributed by atoms with E-state index in [2.05, 4.69) is 40.8 Å². The van der Waals surface area contributed by atoms with Crippen molar-refractivity contribution in [3.8, 4) is 11.5 Å². The summed E-state index contributed by atoms with van der Waals surface area (Å²) in [6.45, 7) is 6.84. The normalized spacial score (nSPS) is 16.2. The van der Waals surface area contributed by atoms with Gasteiger partial charge in [-0.05, 0) is 55.7 Å². The van der Waals surface area contributed by atoms with Crippen molar-refractivity contribution in [2.24, 2.45) is 0 Å². The van der Waals surface area contributed by atoms with E-state index in [0.717, 1.165) is 63.4 Å². The van der Waals surface area contributed by atoms with E-state index >= 15 is 0 Å². The highest BCUT2D eigenvalue weighted by atomic mass is 35.5. The minimum Gasteiger partial charge on any atom is -0.478 e. The van der Waals surface area contributed by atoms with E-state index in [1.165, 1.54) is 0 Å². The van der Waals surface area contributed by atoms with Crippen molar-refractivity contribution in [2.75, 3.05) is 13.3 Å². The molecule has 0 spiro atoms. The van der Waals surface area contributed by atoms with E-state index < -0.39 is 0 Å². The van der Waals surface area contributed by atoms with Crippen LogP contribution in [0, 0.1) is 6.92 Å². The first-order valence-corrected chi connectivity index (χ1v) is 12.7. The first-order chi connectivity index (χ1) is 17.5. The van der Waals surface area contributed by atoms with Gasteiger partial charge in [0.25, 0.3) is 0 Å². The van der Waals surface area contributed by atoms with Crippen molar-refractivity contribution in [1.82, 2.24) is 9.47 Å². The van der Waals surface area contributed by atoms with Gasteiger partial charge in [0.2, 0.25) is 5.78 Å². The van der Waals surface area contributed by atoms with Crippen molar-refractivity contribution in [3.63, 3.8) is 0 Å². The Morgan fingerprint density at radius 2 is 1.92 bits per heavy atom. The van der Waals surface area contributed by atoms with Crippen LogP contribution in [0.1, 0.15) is 39.5 Å². The van der Waals surface area contributed by atoms with Gasteiger partial charge in [-0.15, -0.1) is 0 Å². The molecule has 0 N–H and O–H groups in total. The lowest BCUT2D eigenvalue weighted by Gasteiger charge is -2.30. The number of nitrogens with zero attached hydrogens (tertiary/aromatic N) is 2. The maximum absolute atomic E-state index is 13.5. The third kappa shape index (κ3) is 3.89. The lowest BCUT2D eigenvalue weighted by molar-refractivity contribution is 0.0949. The van der Waals surface area contributed by atoms with Crippen molar-refractivity contribution in [2.45, 2.75) is 33.4 Å². The number of Topliss-reactive ketones (excluding diaryl/α,β-unsaturated/α-hetero) is 1. The summed E-state index contributed by atoms with van der Waals surface area (Å²) in [6.07, 6.45) is 4.78. The van der Waals surface area contributed by atoms with Gasteiger partial charge in [0.15, 0.2) is 5.76 Å². The molecule has 6 rings (SSSR count). The fourth-order valence-electron chi connectivity index (χ4n) is 5.19. The molecule has 2 aliphatic rings. The molecule has 2 aliphatic heterocycles. The molecule has 36 heavy (non-hydrogen) atoms. The first-order valence-electron chi connectivity index (χ1n) is 12.3. The zero-order valence-corrected chi connectivity index (χ0v) is 21.1. The van der Waals surface area contributed by atoms with Crippen LogP contribution in [0.15, 0.2) is 66.6 Å². The highest BCUT2D eigenvalue weighted by Crippen LogP contribution is 2.44. The summed E-state index contributed by atoms with van der Waals surface area (Å²) in [5.74, 6) is 1.69. The predicted molar refractivity (Wildman–Crippen MR) is 143 cm³/mol. The molecule has 0 saturated carbocycles. The third-order valence-electron chi connectivity index (χ3n) is 7.09. The van der Waals surface area contributed by atoms with E-state index in [9.17, 15) is 4.79 Å². The second kappa shape index (κ2) is 9.16. The van der Waals surface area contributed by atoms with Crippen LogP contribution in [0.4, 0.5) is 0 Å². The van der Waals surface area contributed by atoms with Crippen molar-refractivity contribution < 1.29 is 14.3 Å². The van der Waals surface area contributed by atoms with Crippen molar-refractivity contribution in [3.05, 3.63) is 99.4 Å². The number of ether oxygens (including phenoxy) is 2. The molecular formula is C30H27ClN2O3. The summed E-state index contributed by atoms with van der Waals surface area (Å²) >= 11 is 6.35. The van der Waals surface area contributed by atoms with Gasteiger partial charge in [-0.3, -0.25) is 9.69 Å². The number of allylic oxidation sites excluding steroid dienone is 1. The van der Waals surface area contributed by atoms with Crippen LogP contribution in [-0.4, -0.2) is 28.5 Å². The minimum atomic E-state index is -0.0770. The topological polar surface area (TPSA) is 43.7 Å². The van der Waals surface area contributed by atoms with Gasteiger partial charge in [0.1, 0.15) is 18.2 Å². The van der Waals surface area contributed by atoms with Gasteiger partial charge in [0.05, 0.1) is 11.1 Å². The molecule has 0 fully saturated rings. The molecule has 0 atom stereocenters. The van der Waals surface area contributed by atoms with Crippen LogP contribution in [-0.2, 0) is 19.5 Å². The standard InChI is InChI=1S/C30H27ClN2O3/c1-3-33-16-21(22-9-5-7-11-25(22)33)15-27-29(34)28-19(2)14-26-23(30(28)36-27)17-32(18-35-26)13-12-20-8-4-6-10-24(20)31/h4-11,14-16H,3,12-13,17-18H2,1-2H3/b27-15-. The summed E-state index contributed by atoms with van der Waals surface area (Å²) in [5, 5.41) is 1.88. The van der Waals surface area contributed by atoms with E-state index in [4.69, 9.17) is 21.1 Å². The summed E-state index contributed by atoms with van der Waals surface area (Å²) in [4.78, 5) is 15.7. The minimum absolute atomic E-state index is 0.0770. The molecule has 3 aromatic carbocycles. The Hall–Kier alpha value is -3.54. The number of carbonyl (C=O) groups is 1. The SMILES string of the molecule is CCn1cc(/C=C2\Oc3c4c(cc(C)c3C2=O)OCN(CCc2ccccc2Cl)C4)c2ccccc21. The van der Waals surface area contributed by atoms with Gasteiger partial charge >= 0.3 is 0 Å². The van der Waals surface area contributed by atoms with Crippen molar-refractivity contribution >= 4 is 34.4 Å². The van der Waals surface area contributed by atoms with E-state index in [0.29, 0.717) is 30.3 Å². The lowest BCUT2D eigenvalue weighted by Crippen LogP contribution is -2.34. The van der Waals surface area contributed by atoms with Crippen LogP contribution in [0.5, 0.6) is 11.5 Å². The smallest absolute Gasteiger partial charge is 0.232 e. The molecule has 4 aromatic rings. The van der Waals surface area contributed by atoms with Gasteiger partial charge < -0.3 is 14.0 Å². The predicted octanol–water partition coefficient (Wildman–Crippen LogP) is 6.63. The number of benzene rings is 3. The molecular weight excluding hydrogens is 472 g/mol. The maximum atomic E-state index is 13.5. The average Bonchev–Trinajstić information content (AvgIpc) is 3.42. The molecule has 0 radical (unpaired) electrons. The van der Waals surface area contributed by atoms with Gasteiger partial charge in [-0.2, -0.15) is 0 Å². The third-order valence-corrected chi connectivity index (χ3v) is 7.46. The Morgan fingerprint density at radius 1 is 1.11 bits per heavy atom. The second-order valence-electron chi connectivity index (χ2n) is 9.37. The summed E-state index contributed by atoms with van der Waals surface area (Å²) in [5.41, 5.74) is 5.67. The number of aryl methyl sites for hydroxylation is 2. The molecule has 0 saturated heterocycles. The molecule has 0 unspecified atom stereocenters. The maximum Gasteiger partial charge on any atom is 0.232 e. The molecule has 3 heterocycles. The summed E-state index contributed by atoms with van der Waals surface area (Å²) < 4.78 is 14.6. The van der Waals surface area contributed by atoms with E-state index in [1.54, 1.807) is 0 Å². The first kappa shape index (κ1) is 22.9. The monoisotopic (exact) mass is 498 g/mol. The van der Waals surface area contributed by atoms with Crippen LogP contribution in [0.3, 0.4) is 0 Å². The number of hydrogen-bond donors (Lipinski definition) is 0. The highest BCUT2D eigenvalue weighted by molar-refractivity contribution is 6.31. The molecule has 6 heteroatoms. The van der Waals surface area contributed by atoms with Crippen LogP contribution in [0.2, 0.25) is 5.02 Å². The van der Waals surface area contributed by atoms with Crippen LogP contribution < -0.4 is 9.47 Å². The Morgan fingerprint density at radius 3 is 2.75 bits per heavy atom. The number of aromatic nitrogens is 1. The summed E-state index contributed by atoms with van der Waals surface area (Å²) in [7, 11) is 0. The quantitative estimate of drug-likeness (QED) is 0.289. The van der Waals surface area contributed by atoms with Crippen molar-refractivity contribution in [1.29, 1.82) is 0 Å². The number of rotatable bonds is 5. The Balaban J connectivity index is 1.31. The Labute approximate surface area is 215 Å². The Bertz CT molecular complexity index is 1530. The van der Waals surface area contributed by atoms with E-state index in [1.807, 2.05) is 49.4 Å². The highest BCUT2D eigenvalue weighted by Gasteiger charge is 2.35. The fraction of sp³-hybridized carbons (Fsp3) is 0.233. The number of para-hydroxylation sites is 1. The average molecular weight is 499 g/mol. The number of carbonyl (C=O) groups excluding carboxylic acids is 1. The number of halogens is 1. The number of ketones is 1. The van der Waals surface area contributed by atoms with Gasteiger partial charge in [0, 0.05) is 47.3 Å². The number of hydrogen-bond acceptors (Lipinski definition) is 4. The molecule has 0 bridgehead atoms. The zero-order valence-electron chi connectivity index (χ0n) is 20.4. The molecule has 0 amide bonds. The zero-order chi connectivity index (χ0) is 24.8. The molecule has 0 aliphatic carbocycles. The Kier molecular flexibility index (Phi) is 5.82. The van der Waals surface area contributed by atoms with Gasteiger partial charge in [-0.25, -0.2) is 0 Å². The molecule has 1 aromatic heterocycles. The number of fused-ring (bicyclic) bond motifs is 4. The van der Waals surface area contributed by atoms with Crippen LogP contribution >= 0.6 is 11.6 Å². The molecule has 5 nitrogen and oxygen atoms in total. The van der Waals surface area contributed by atoms with Gasteiger partial charge in [-0.1, -0.05) is 48.0 Å². The second-order valence-corrected chi connectivity index (χ2v) is 9.78. The van der Waals surface area contributed by atoms with Crippen LogP contribution in [0.25, 0.3) is 17.0 Å². The lowest BCUT2D eigenvalue weighted by atomic mass is 9.98. The fourth-order valence-corrected chi connectivity index (χ4v) is 5.42. The van der Waals surface area contributed by atoms with E-state index in [-0.39, 0.29) is 5.78 Å².